The number of likely N-dealkylation sites (tertiary alicyclic amines) is 2. The molecule has 0 bridgehead atoms. The summed E-state index contributed by atoms with van der Waals surface area (Å²) in [6.45, 7) is 2.06. The van der Waals surface area contributed by atoms with Gasteiger partial charge in [-0.1, -0.05) is 0 Å². The highest BCUT2D eigenvalue weighted by atomic mass is 32.1. The molecular weight excluding hydrogens is 298 g/mol. The van der Waals surface area contributed by atoms with Crippen LogP contribution in [-0.2, 0) is 4.79 Å². The number of piperidine rings is 1. The molecule has 2 saturated heterocycles. The number of fused-ring (bicyclic) bond motifs is 1. The van der Waals surface area contributed by atoms with Crippen molar-refractivity contribution in [3.8, 4) is 0 Å². The molecule has 2 amide bonds. The highest BCUT2D eigenvalue weighted by Gasteiger charge is 2.48. The predicted molar refractivity (Wildman–Crippen MR) is 86.0 cm³/mol. The Morgan fingerprint density at radius 1 is 1.36 bits per heavy atom. The van der Waals surface area contributed by atoms with E-state index in [-0.39, 0.29) is 17.2 Å². The Balaban J connectivity index is 1.56. The van der Waals surface area contributed by atoms with Crippen LogP contribution in [0.4, 0.5) is 0 Å². The van der Waals surface area contributed by atoms with Crippen molar-refractivity contribution in [3.05, 3.63) is 23.2 Å². The lowest BCUT2D eigenvalue weighted by molar-refractivity contribution is -0.143. The molecule has 4 rings (SSSR count). The van der Waals surface area contributed by atoms with E-state index in [0.717, 1.165) is 36.0 Å². The van der Waals surface area contributed by atoms with Crippen LogP contribution in [0, 0.1) is 5.41 Å². The second kappa shape index (κ2) is 4.84. The Morgan fingerprint density at radius 3 is 3.05 bits per heavy atom. The normalized spacial score (nSPS) is 25.6. The SMILES string of the molecule is CN1CCCC2(CCN(C(=O)c3cc4sccc4[nH]3)C2)C1=O. The van der Waals surface area contributed by atoms with E-state index in [9.17, 15) is 9.59 Å². The minimum Gasteiger partial charge on any atom is -0.350 e. The lowest BCUT2D eigenvalue weighted by Crippen LogP contribution is -2.48. The van der Waals surface area contributed by atoms with Crippen LogP contribution in [0.1, 0.15) is 29.8 Å². The Kier molecular flexibility index (Phi) is 3.04. The predicted octanol–water partition coefficient (Wildman–Crippen LogP) is 2.31. The molecule has 1 unspecified atom stereocenters. The zero-order valence-corrected chi connectivity index (χ0v) is 13.4. The molecule has 0 aromatic carbocycles. The van der Waals surface area contributed by atoms with Crippen LogP contribution < -0.4 is 0 Å². The van der Waals surface area contributed by atoms with Gasteiger partial charge in [-0.25, -0.2) is 0 Å². The summed E-state index contributed by atoms with van der Waals surface area (Å²) in [7, 11) is 1.87. The van der Waals surface area contributed by atoms with Crippen molar-refractivity contribution in [2.24, 2.45) is 5.41 Å². The molecule has 4 heterocycles. The first-order chi connectivity index (χ1) is 10.6. The maximum absolute atomic E-state index is 12.7. The van der Waals surface area contributed by atoms with E-state index < -0.39 is 0 Å². The Morgan fingerprint density at radius 2 is 2.23 bits per heavy atom. The zero-order chi connectivity index (χ0) is 15.3. The number of nitrogens with one attached hydrogen (secondary N) is 1. The van der Waals surface area contributed by atoms with E-state index in [0.29, 0.717) is 18.8 Å². The number of carbonyl (C=O) groups excluding carboxylic acids is 2. The van der Waals surface area contributed by atoms with Gasteiger partial charge in [0.1, 0.15) is 5.69 Å². The van der Waals surface area contributed by atoms with Crippen molar-refractivity contribution < 1.29 is 9.59 Å². The Labute approximate surface area is 132 Å². The molecule has 22 heavy (non-hydrogen) atoms. The van der Waals surface area contributed by atoms with Gasteiger partial charge in [0, 0.05) is 26.7 Å². The maximum Gasteiger partial charge on any atom is 0.270 e. The zero-order valence-electron chi connectivity index (χ0n) is 12.6. The van der Waals surface area contributed by atoms with E-state index in [4.69, 9.17) is 0 Å². The first kappa shape index (κ1) is 13.8. The van der Waals surface area contributed by atoms with Gasteiger partial charge in [0.2, 0.25) is 5.91 Å². The van der Waals surface area contributed by atoms with Gasteiger partial charge in [0.05, 0.1) is 15.6 Å². The lowest BCUT2D eigenvalue weighted by Gasteiger charge is -2.37. The van der Waals surface area contributed by atoms with Crippen molar-refractivity contribution >= 4 is 33.4 Å². The third-order valence-corrected chi connectivity index (χ3v) is 5.92. The molecule has 0 radical (unpaired) electrons. The number of thiophene rings is 1. The Hall–Kier alpha value is -1.82. The van der Waals surface area contributed by atoms with Crippen LogP contribution in [0.25, 0.3) is 10.2 Å². The topological polar surface area (TPSA) is 56.4 Å². The van der Waals surface area contributed by atoms with E-state index in [2.05, 4.69) is 4.98 Å². The number of hydrogen-bond donors (Lipinski definition) is 1. The first-order valence-corrected chi connectivity index (χ1v) is 8.58. The van der Waals surface area contributed by atoms with Gasteiger partial charge in [-0.15, -0.1) is 11.3 Å². The number of hydrogen-bond acceptors (Lipinski definition) is 3. The molecular formula is C16H19N3O2S. The molecule has 2 aliphatic heterocycles. The summed E-state index contributed by atoms with van der Waals surface area (Å²) >= 11 is 1.63. The minimum atomic E-state index is -0.341. The van der Waals surface area contributed by atoms with Gasteiger partial charge in [0.25, 0.3) is 5.91 Å². The molecule has 2 aromatic rings. The molecule has 5 nitrogen and oxygen atoms in total. The average molecular weight is 317 g/mol. The van der Waals surface area contributed by atoms with Gasteiger partial charge in [0.15, 0.2) is 0 Å². The molecule has 2 aromatic heterocycles. The van der Waals surface area contributed by atoms with Crippen molar-refractivity contribution in [2.45, 2.75) is 19.3 Å². The number of amides is 2. The third kappa shape index (κ3) is 1.97. The standard InChI is InChI=1S/C16H19N3O2S/c1-18-6-2-4-16(15(18)21)5-7-19(10-16)14(20)12-9-13-11(17-12)3-8-22-13/h3,8-9,17H,2,4-7,10H2,1H3. The molecule has 116 valence electrons. The largest absolute Gasteiger partial charge is 0.350 e. The number of nitrogens with zero attached hydrogens (tertiary/aromatic N) is 2. The second-order valence-electron chi connectivity index (χ2n) is 6.47. The minimum absolute atomic E-state index is 0.0151. The highest BCUT2D eigenvalue weighted by Crippen LogP contribution is 2.40. The first-order valence-electron chi connectivity index (χ1n) is 7.70. The van der Waals surface area contributed by atoms with E-state index in [1.807, 2.05) is 34.4 Å². The molecule has 2 aliphatic rings. The van der Waals surface area contributed by atoms with Crippen molar-refractivity contribution in [1.82, 2.24) is 14.8 Å². The number of carbonyl (C=O) groups is 2. The van der Waals surface area contributed by atoms with E-state index in [1.165, 1.54) is 0 Å². The van der Waals surface area contributed by atoms with Crippen LogP contribution in [0.5, 0.6) is 0 Å². The fourth-order valence-corrected chi connectivity index (χ4v) is 4.61. The third-order valence-electron chi connectivity index (χ3n) is 5.06. The summed E-state index contributed by atoms with van der Waals surface area (Å²) in [5, 5.41) is 2.01. The quantitative estimate of drug-likeness (QED) is 0.877. The van der Waals surface area contributed by atoms with Gasteiger partial charge in [-0.05, 0) is 36.8 Å². The summed E-state index contributed by atoms with van der Waals surface area (Å²) in [6.07, 6.45) is 2.72. The summed E-state index contributed by atoms with van der Waals surface area (Å²) in [5.41, 5.74) is 1.30. The van der Waals surface area contributed by atoms with Crippen LogP contribution in [-0.4, -0.2) is 53.3 Å². The van der Waals surface area contributed by atoms with Gasteiger partial charge in [-0.3, -0.25) is 9.59 Å². The summed E-state index contributed by atoms with van der Waals surface area (Å²) in [6, 6.07) is 3.91. The highest BCUT2D eigenvalue weighted by molar-refractivity contribution is 7.17. The molecule has 0 aliphatic carbocycles. The van der Waals surface area contributed by atoms with Gasteiger partial charge in [-0.2, -0.15) is 0 Å². The molecule has 2 fully saturated rings. The van der Waals surface area contributed by atoms with Crippen LogP contribution in [0.3, 0.4) is 0 Å². The van der Waals surface area contributed by atoms with Crippen molar-refractivity contribution in [1.29, 1.82) is 0 Å². The average Bonchev–Trinajstić information content (AvgIpc) is 3.18. The summed E-state index contributed by atoms with van der Waals surface area (Å²) in [4.78, 5) is 32.1. The van der Waals surface area contributed by atoms with Crippen LogP contribution in [0.2, 0.25) is 0 Å². The van der Waals surface area contributed by atoms with Crippen molar-refractivity contribution in [2.75, 3.05) is 26.7 Å². The van der Waals surface area contributed by atoms with Crippen LogP contribution >= 0.6 is 11.3 Å². The molecule has 1 N–H and O–H groups in total. The number of rotatable bonds is 1. The molecule has 0 saturated carbocycles. The molecule has 1 spiro atoms. The van der Waals surface area contributed by atoms with E-state index in [1.54, 1.807) is 11.3 Å². The van der Waals surface area contributed by atoms with E-state index >= 15 is 0 Å². The number of H-pyrrole nitrogens is 1. The second-order valence-corrected chi connectivity index (χ2v) is 7.42. The fourth-order valence-electron chi connectivity index (χ4n) is 3.83. The number of aromatic amines is 1. The van der Waals surface area contributed by atoms with Gasteiger partial charge >= 0.3 is 0 Å². The van der Waals surface area contributed by atoms with Crippen molar-refractivity contribution in [3.63, 3.8) is 0 Å². The molecule has 1 atom stereocenters. The molecule has 6 heteroatoms. The smallest absolute Gasteiger partial charge is 0.270 e. The van der Waals surface area contributed by atoms with Crippen LogP contribution in [0.15, 0.2) is 17.5 Å². The fraction of sp³-hybridized carbons (Fsp3) is 0.500. The monoisotopic (exact) mass is 317 g/mol. The summed E-state index contributed by atoms with van der Waals surface area (Å²) in [5.74, 6) is 0.225. The number of aromatic nitrogens is 1. The summed E-state index contributed by atoms with van der Waals surface area (Å²) < 4.78 is 1.10. The lowest BCUT2D eigenvalue weighted by atomic mass is 9.78. The maximum atomic E-state index is 12.7. The Bertz CT molecular complexity index is 721. The van der Waals surface area contributed by atoms with Gasteiger partial charge < -0.3 is 14.8 Å².